The molecule has 0 aromatic heterocycles. The van der Waals surface area contributed by atoms with Crippen LogP contribution in [0.1, 0.15) is 6.92 Å². The fourth-order valence-corrected chi connectivity index (χ4v) is 2.93. The first-order chi connectivity index (χ1) is 10.3. The van der Waals surface area contributed by atoms with Gasteiger partial charge in [-0.05, 0) is 35.9 Å². The van der Waals surface area contributed by atoms with Crippen molar-refractivity contribution in [2.45, 2.75) is 10.8 Å². The summed E-state index contributed by atoms with van der Waals surface area (Å²) in [7, 11) is 0. The monoisotopic (exact) mass is 389 g/mol. The van der Waals surface area contributed by atoms with E-state index in [4.69, 9.17) is 0 Å². The Balaban J connectivity index is 1.89. The maximum atomic E-state index is 4.63. The lowest BCUT2D eigenvalue weighted by Gasteiger charge is -2.14. The number of hydrogen-bond acceptors (Lipinski definition) is 3. The number of nitrogens with zero attached hydrogens (tertiary/aromatic N) is 3. The first-order valence-corrected chi connectivity index (χ1v) is 8.17. The van der Waals surface area contributed by atoms with Crippen molar-refractivity contribution in [3.05, 3.63) is 54.6 Å². The van der Waals surface area contributed by atoms with Gasteiger partial charge in [-0.1, -0.05) is 59.0 Å². The Morgan fingerprint density at radius 2 is 2.05 bits per heavy atom. The predicted octanol–water partition coefficient (Wildman–Crippen LogP) is 4.42. The van der Waals surface area contributed by atoms with Gasteiger partial charge in [-0.25, -0.2) is 4.99 Å². The predicted molar refractivity (Wildman–Crippen MR) is 99.8 cm³/mol. The van der Waals surface area contributed by atoms with Crippen molar-refractivity contribution in [2.75, 3.05) is 11.6 Å². The van der Waals surface area contributed by atoms with Crippen LogP contribution in [-0.2, 0) is 0 Å². The molecule has 1 aliphatic heterocycles. The molecule has 3 rings (SSSR count). The SMILES string of the molecule is CC=CC=NC1=NN(c2ccc3ccccc3c2)CC1I. The molecule has 0 fully saturated rings. The summed E-state index contributed by atoms with van der Waals surface area (Å²) in [6.45, 7) is 2.84. The molecule has 0 radical (unpaired) electrons. The second kappa shape index (κ2) is 6.39. The molecule has 1 unspecified atom stereocenters. The summed E-state index contributed by atoms with van der Waals surface area (Å²) in [5, 5.41) is 9.15. The van der Waals surface area contributed by atoms with E-state index in [0.717, 1.165) is 18.1 Å². The quantitative estimate of drug-likeness (QED) is 0.425. The number of halogens is 1. The zero-order chi connectivity index (χ0) is 14.7. The molecule has 0 bridgehead atoms. The fraction of sp³-hybridized carbons (Fsp3) is 0.176. The van der Waals surface area contributed by atoms with E-state index in [-0.39, 0.29) is 0 Å². The standard InChI is InChI=1S/C17H16IN3/c1-2-3-10-19-17-16(18)12-21(20-17)15-9-8-13-6-4-5-7-14(13)11-15/h2-11,16H,12H2,1H3. The number of benzene rings is 2. The second-order valence-corrected chi connectivity index (χ2v) is 6.35. The van der Waals surface area contributed by atoms with Crippen molar-refractivity contribution in [2.24, 2.45) is 10.1 Å². The van der Waals surface area contributed by atoms with E-state index < -0.39 is 0 Å². The van der Waals surface area contributed by atoms with Gasteiger partial charge < -0.3 is 0 Å². The highest BCUT2D eigenvalue weighted by molar-refractivity contribution is 14.1. The average Bonchev–Trinajstić information content (AvgIpc) is 2.88. The number of hydrogen-bond donors (Lipinski definition) is 0. The van der Waals surface area contributed by atoms with Crippen LogP contribution in [0, 0.1) is 0 Å². The molecule has 2 aromatic carbocycles. The van der Waals surface area contributed by atoms with Gasteiger partial charge in [-0.15, -0.1) is 0 Å². The molecule has 1 atom stereocenters. The summed E-state index contributed by atoms with van der Waals surface area (Å²) in [6.07, 6.45) is 5.68. The summed E-state index contributed by atoms with van der Waals surface area (Å²) in [4.78, 5) is 4.42. The number of anilines is 1. The summed E-state index contributed by atoms with van der Waals surface area (Å²) in [5.74, 6) is 0.877. The number of amidine groups is 1. The Morgan fingerprint density at radius 1 is 1.24 bits per heavy atom. The number of rotatable bonds is 2. The topological polar surface area (TPSA) is 28.0 Å². The highest BCUT2D eigenvalue weighted by Gasteiger charge is 2.24. The van der Waals surface area contributed by atoms with Crippen LogP contribution in [-0.4, -0.2) is 22.5 Å². The fourth-order valence-electron chi connectivity index (χ4n) is 2.27. The molecule has 2 aromatic rings. The van der Waals surface area contributed by atoms with Gasteiger partial charge in [0.15, 0.2) is 5.84 Å². The van der Waals surface area contributed by atoms with Gasteiger partial charge in [0.05, 0.1) is 16.2 Å². The van der Waals surface area contributed by atoms with Gasteiger partial charge in [0, 0.05) is 6.21 Å². The Hall–Kier alpha value is -1.69. The Bertz CT molecular complexity index is 734. The van der Waals surface area contributed by atoms with Gasteiger partial charge in [0.25, 0.3) is 0 Å². The maximum Gasteiger partial charge on any atom is 0.163 e. The molecule has 3 nitrogen and oxygen atoms in total. The number of alkyl halides is 1. The van der Waals surface area contributed by atoms with Crippen molar-refractivity contribution in [1.82, 2.24) is 0 Å². The van der Waals surface area contributed by atoms with E-state index in [2.05, 4.69) is 75.1 Å². The molecule has 0 saturated carbocycles. The summed E-state index contributed by atoms with van der Waals surface area (Å²) >= 11 is 2.40. The lowest BCUT2D eigenvalue weighted by atomic mass is 10.1. The Morgan fingerprint density at radius 3 is 2.86 bits per heavy atom. The molecule has 0 amide bonds. The van der Waals surface area contributed by atoms with E-state index in [1.165, 1.54) is 10.8 Å². The molecule has 1 aliphatic rings. The van der Waals surface area contributed by atoms with Crippen LogP contribution < -0.4 is 5.01 Å². The highest BCUT2D eigenvalue weighted by Crippen LogP contribution is 2.26. The van der Waals surface area contributed by atoms with Gasteiger partial charge in [0.1, 0.15) is 0 Å². The van der Waals surface area contributed by atoms with Crippen molar-refractivity contribution in [3.63, 3.8) is 0 Å². The van der Waals surface area contributed by atoms with E-state index in [1.54, 1.807) is 6.21 Å². The first kappa shape index (κ1) is 14.3. The van der Waals surface area contributed by atoms with Gasteiger partial charge in [0.2, 0.25) is 0 Å². The van der Waals surface area contributed by atoms with Gasteiger partial charge >= 0.3 is 0 Å². The molecular formula is C17H16IN3. The van der Waals surface area contributed by atoms with Crippen molar-refractivity contribution in [1.29, 1.82) is 0 Å². The highest BCUT2D eigenvalue weighted by atomic mass is 127. The van der Waals surface area contributed by atoms with E-state index in [1.807, 2.05) is 24.1 Å². The summed E-state index contributed by atoms with van der Waals surface area (Å²) in [5.41, 5.74) is 1.12. The van der Waals surface area contributed by atoms with Crippen LogP contribution in [0.25, 0.3) is 10.8 Å². The van der Waals surface area contributed by atoms with E-state index >= 15 is 0 Å². The van der Waals surface area contributed by atoms with E-state index in [0.29, 0.717) is 3.92 Å². The minimum absolute atomic E-state index is 0.315. The summed E-state index contributed by atoms with van der Waals surface area (Å²) in [6, 6.07) is 14.8. The average molecular weight is 389 g/mol. The second-order valence-electron chi connectivity index (χ2n) is 4.84. The number of fused-ring (bicyclic) bond motifs is 1. The molecule has 0 spiro atoms. The number of allylic oxidation sites excluding steroid dienone is 2. The third kappa shape index (κ3) is 3.15. The third-order valence-corrected chi connectivity index (χ3v) is 4.30. The zero-order valence-electron chi connectivity index (χ0n) is 11.8. The van der Waals surface area contributed by atoms with Crippen LogP contribution in [0.5, 0.6) is 0 Å². The van der Waals surface area contributed by atoms with Crippen LogP contribution in [0.4, 0.5) is 5.69 Å². The van der Waals surface area contributed by atoms with Crippen LogP contribution in [0.2, 0.25) is 0 Å². The maximum absolute atomic E-state index is 4.63. The summed E-state index contributed by atoms with van der Waals surface area (Å²) < 4.78 is 0.315. The Kier molecular flexibility index (Phi) is 4.34. The van der Waals surface area contributed by atoms with Gasteiger partial charge in [-0.2, -0.15) is 5.10 Å². The first-order valence-electron chi connectivity index (χ1n) is 6.92. The van der Waals surface area contributed by atoms with Crippen molar-refractivity contribution < 1.29 is 0 Å². The van der Waals surface area contributed by atoms with E-state index in [9.17, 15) is 0 Å². The Labute approximate surface area is 138 Å². The largest absolute Gasteiger partial charge is 0.262 e. The molecule has 106 valence electrons. The van der Waals surface area contributed by atoms with Crippen LogP contribution in [0.3, 0.4) is 0 Å². The minimum Gasteiger partial charge on any atom is -0.262 e. The number of aliphatic imine (C=N–C) groups is 1. The van der Waals surface area contributed by atoms with Crippen LogP contribution in [0.15, 0.2) is 64.7 Å². The third-order valence-electron chi connectivity index (χ3n) is 3.35. The minimum atomic E-state index is 0.315. The zero-order valence-corrected chi connectivity index (χ0v) is 13.9. The number of hydrazone groups is 1. The smallest absolute Gasteiger partial charge is 0.163 e. The lowest BCUT2D eigenvalue weighted by Crippen LogP contribution is -2.18. The normalized spacial score (nSPS) is 19.0. The van der Waals surface area contributed by atoms with Crippen molar-refractivity contribution in [3.8, 4) is 0 Å². The van der Waals surface area contributed by atoms with Gasteiger partial charge in [-0.3, -0.25) is 5.01 Å². The molecule has 1 heterocycles. The van der Waals surface area contributed by atoms with Crippen LogP contribution >= 0.6 is 22.6 Å². The lowest BCUT2D eigenvalue weighted by molar-refractivity contribution is 0.938. The molecular weight excluding hydrogens is 373 g/mol. The molecule has 0 saturated heterocycles. The molecule has 0 aliphatic carbocycles. The molecule has 0 N–H and O–H groups in total. The van der Waals surface area contributed by atoms with Crippen molar-refractivity contribution >= 4 is 51.1 Å². The molecule has 4 heteroatoms. The molecule has 21 heavy (non-hydrogen) atoms.